The second kappa shape index (κ2) is 9.10. The van der Waals surface area contributed by atoms with Gasteiger partial charge in [-0.25, -0.2) is 4.79 Å². The van der Waals surface area contributed by atoms with Gasteiger partial charge in [-0.05, 0) is 42.1 Å². The molecule has 0 bridgehead atoms. The molecule has 2 amide bonds. The van der Waals surface area contributed by atoms with E-state index in [1.54, 1.807) is 25.6 Å². The van der Waals surface area contributed by atoms with Crippen LogP contribution in [0.4, 0.5) is 4.79 Å². The van der Waals surface area contributed by atoms with Gasteiger partial charge in [-0.3, -0.25) is 4.90 Å². The van der Waals surface area contributed by atoms with Gasteiger partial charge in [-0.15, -0.1) is 11.3 Å². The summed E-state index contributed by atoms with van der Waals surface area (Å²) in [6.45, 7) is 6.58. The number of carbonyl (C=O) groups is 1. The Morgan fingerprint density at radius 1 is 1.15 bits per heavy atom. The Hall–Kier alpha value is -2.25. The van der Waals surface area contributed by atoms with Crippen molar-refractivity contribution < 1.29 is 14.3 Å². The number of hydrogen-bond donors (Lipinski definition) is 1. The molecular formula is C20H27N3O3S. The highest BCUT2D eigenvalue weighted by Gasteiger charge is 2.22. The van der Waals surface area contributed by atoms with E-state index < -0.39 is 0 Å². The first-order chi connectivity index (χ1) is 13.1. The Kier molecular flexibility index (Phi) is 6.58. The number of amides is 2. The standard InChI is InChI=1S/C20H27N3O3S/c1-15-6-11-27-19(15)13-21-20(24)23-9-7-22(8-10-23)14-16-12-17(25-2)4-5-18(16)26-3/h4-6,11-12H,7-10,13-14H2,1-3H3,(H,21,24). The third-order valence-corrected chi connectivity index (χ3v) is 5.93. The lowest BCUT2D eigenvalue weighted by molar-refractivity contribution is 0.134. The van der Waals surface area contributed by atoms with Crippen molar-refractivity contribution >= 4 is 17.4 Å². The molecule has 1 N–H and O–H groups in total. The van der Waals surface area contributed by atoms with Crippen LogP contribution in [0.2, 0.25) is 0 Å². The molecule has 3 rings (SSSR count). The first-order valence-electron chi connectivity index (χ1n) is 9.09. The molecular weight excluding hydrogens is 362 g/mol. The highest BCUT2D eigenvalue weighted by atomic mass is 32.1. The van der Waals surface area contributed by atoms with Gasteiger partial charge in [0.25, 0.3) is 0 Å². The van der Waals surface area contributed by atoms with Crippen molar-refractivity contribution in [3.8, 4) is 11.5 Å². The predicted octanol–water partition coefficient (Wildman–Crippen LogP) is 3.10. The second-order valence-electron chi connectivity index (χ2n) is 6.63. The smallest absolute Gasteiger partial charge is 0.317 e. The summed E-state index contributed by atoms with van der Waals surface area (Å²) in [5.41, 5.74) is 2.33. The van der Waals surface area contributed by atoms with Gasteiger partial charge in [0, 0.05) is 43.2 Å². The van der Waals surface area contributed by atoms with E-state index in [0.717, 1.165) is 49.8 Å². The Morgan fingerprint density at radius 3 is 2.56 bits per heavy atom. The third kappa shape index (κ3) is 4.93. The number of thiophene rings is 1. The monoisotopic (exact) mass is 389 g/mol. The zero-order valence-corrected chi connectivity index (χ0v) is 17.0. The number of piperazine rings is 1. The quantitative estimate of drug-likeness (QED) is 0.825. The van der Waals surface area contributed by atoms with Gasteiger partial charge in [0.1, 0.15) is 11.5 Å². The average molecular weight is 390 g/mol. The van der Waals surface area contributed by atoms with Crippen LogP contribution in [0.25, 0.3) is 0 Å². The van der Waals surface area contributed by atoms with Crippen LogP contribution < -0.4 is 14.8 Å². The number of aryl methyl sites for hydroxylation is 1. The predicted molar refractivity (Wildman–Crippen MR) is 108 cm³/mol. The summed E-state index contributed by atoms with van der Waals surface area (Å²) in [7, 11) is 3.35. The van der Waals surface area contributed by atoms with E-state index in [1.807, 2.05) is 23.1 Å². The van der Waals surface area contributed by atoms with E-state index >= 15 is 0 Å². The number of nitrogens with zero attached hydrogens (tertiary/aromatic N) is 2. The fourth-order valence-electron chi connectivity index (χ4n) is 3.21. The van der Waals surface area contributed by atoms with Crippen LogP contribution in [0.5, 0.6) is 11.5 Å². The van der Waals surface area contributed by atoms with Gasteiger partial charge in [-0.1, -0.05) is 0 Å². The fraction of sp³-hybridized carbons (Fsp3) is 0.450. The number of rotatable bonds is 6. The zero-order valence-electron chi connectivity index (χ0n) is 16.2. The summed E-state index contributed by atoms with van der Waals surface area (Å²) in [5.74, 6) is 1.69. The maximum atomic E-state index is 12.4. The zero-order chi connectivity index (χ0) is 19.2. The summed E-state index contributed by atoms with van der Waals surface area (Å²) in [5, 5.41) is 5.09. The number of hydrogen-bond acceptors (Lipinski definition) is 5. The van der Waals surface area contributed by atoms with Gasteiger partial charge in [0.15, 0.2) is 0 Å². The van der Waals surface area contributed by atoms with E-state index in [-0.39, 0.29) is 6.03 Å². The van der Waals surface area contributed by atoms with Crippen LogP contribution in [-0.4, -0.2) is 56.2 Å². The van der Waals surface area contributed by atoms with Gasteiger partial charge < -0.3 is 19.7 Å². The molecule has 0 aliphatic carbocycles. The van der Waals surface area contributed by atoms with Crippen molar-refractivity contribution in [3.63, 3.8) is 0 Å². The molecule has 0 atom stereocenters. The number of carbonyl (C=O) groups excluding carboxylic acids is 1. The minimum Gasteiger partial charge on any atom is -0.497 e. The molecule has 0 saturated carbocycles. The molecule has 2 heterocycles. The molecule has 1 saturated heterocycles. The molecule has 0 spiro atoms. The Bertz CT molecular complexity index is 770. The molecule has 2 aromatic rings. The molecule has 1 aliphatic rings. The summed E-state index contributed by atoms with van der Waals surface area (Å²) in [6.07, 6.45) is 0. The minimum absolute atomic E-state index is 0.0152. The van der Waals surface area contributed by atoms with Crippen LogP contribution >= 0.6 is 11.3 Å². The molecule has 0 unspecified atom stereocenters. The molecule has 27 heavy (non-hydrogen) atoms. The number of methoxy groups -OCH3 is 2. The van der Waals surface area contributed by atoms with Crippen LogP contribution in [0.1, 0.15) is 16.0 Å². The average Bonchev–Trinajstić information content (AvgIpc) is 3.11. The van der Waals surface area contributed by atoms with Crippen molar-refractivity contribution in [1.29, 1.82) is 0 Å². The normalized spacial score (nSPS) is 14.9. The summed E-state index contributed by atoms with van der Waals surface area (Å²) in [6, 6.07) is 7.95. The number of benzene rings is 1. The topological polar surface area (TPSA) is 54.0 Å². The Labute approximate surface area is 164 Å². The number of nitrogens with one attached hydrogen (secondary N) is 1. The lowest BCUT2D eigenvalue weighted by atomic mass is 10.1. The van der Waals surface area contributed by atoms with Crippen molar-refractivity contribution in [2.45, 2.75) is 20.0 Å². The van der Waals surface area contributed by atoms with Gasteiger partial charge in [0.2, 0.25) is 0 Å². The van der Waals surface area contributed by atoms with E-state index in [0.29, 0.717) is 6.54 Å². The van der Waals surface area contributed by atoms with Gasteiger partial charge in [-0.2, -0.15) is 0 Å². The maximum absolute atomic E-state index is 12.4. The van der Waals surface area contributed by atoms with Crippen molar-refractivity contribution in [2.24, 2.45) is 0 Å². The second-order valence-corrected chi connectivity index (χ2v) is 7.63. The van der Waals surface area contributed by atoms with Crippen LogP contribution in [-0.2, 0) is 13.1 Å². The Morgan fingerprint density at radius 2 is 1.93 bits per heavy atom. The van der Waals surface area contributed by atoms with E-state index in [4.69, 9.17) is 9.47 Å². The highest BCUT2D eigenvalue weighted by molar-refractivity contribution is 7.10. The molecule has 7 heteroatoms. The fourth-order valence-corrected chi connectivity index (χ4v) is 4.05. The lowest BCUT2D eigenvalue weighted by Gasteiger charge is -2.35. The molecule has 1 aromatic heterocycles. The molecule has 6 nitrogen and oxygen atoms in total. The summed E-state index contributed by atoms with van der Waals surface area (Å²) in [4.78, 5) is 17.9. The van der Waals surface area contributed by atoms with Gasteiger partial charge in [0.05, 0.1) is 20.8 Å². The van der Waals surface area contributed by atoms with Crippen LogP contribution in [0, 0.1) is 6.92 Å². The van der Waals surface area contributed by atoms with Crippen LogP contribution in [0.15, 0.2) is 29.6 Å². The van der Waals surface area contributed by atoms with Gasteiger partial charge >= 0.3 is 6.03 Å². The molecule has 1 fully saturated rings. The lowest BCUT2D eigenvalue weighted by Crippen LogP contribution is -2.51. The minimum atomic E-state index is 0.0152. The van der Waals surface area contributed by atoms with Crippen molar-refractivity contribution in [3.05, 3.63) is 45.6 Å². The van der Waals surface area contributed by atoms with E-state index in [2.05, 4.69) is 28.6 Å². The van der Waals surface area contributed by atoms with E-state index in [1.165, 1.54) is 10.4 Å². The Balaban J connectivity index is 1.50. The first kappa shape index (κ1) is 19.5. The molecule has 1 aromatic carbocycles. The van der Waals surface area contributed by atoms with Crippen molar-refractivity contribution in [2.75, 3.05) is 40.4 Å². The number of ether oxygens (including phenoxy) is 2. The molecule has 146 valence electrons. The SMILES string of the molecule is COc1ccc(OC)c(CN2CCN(C(=O)NCc3sccc3C)CC2)c1. The molecule has 0 radical (unpaired) electrons. The number of urea groups is 1. The maximum Gasteiger partial charge on any atom is 0.317 e. The van der Waals surface area contributed by atoms with Crippen molar-refractivity contribution in [1.82, 2.24) is 15.1 Å². The third-order valence-electron chi connectivity index (χ3n) is 4.91. The largest absolute Gasteiger partial charge is 0.497 e. The summed E-state index contributed by atoms with van der Waals surface area (Å²) < 4.78 is 10.8. The van der Waals surface area contributed by atoms with E-state index in [9.17, 15) is 4.79 Å². The molecule has 1 aliphatic heterocycles. The summed E-state index contributed by atoms with van der Waals surface area (Å²) >= 11 is 1.68. The first-order valence-corrected chi connectivity index (χ1v) is 9.97. The highest BCUT2D eigenvalue weighted by Crippen LogP contribution is 2.25. The van der Waals surface area contributed by atoms with Crippen LogP contribution in [0.3, 0.4) is 0 Å².